The van der Waals surface area contributed by atoms with Crippen molar-refractivity contribution in [1.29, 1.82) is 0 Å². The minimum absolute atomic E-state index is 0.0417. The highest BCUT2D eigenvalue weighted by molar-refractivity contribution is 8.00. The van der Waals surface area contributed by atoms with Gasteiger partial charge in [-0.2, -0.15) is 13.2 Å². The fraction of sp³-hybridized carbons (Fsp3) is 1.00. The first kappa shape index (κ1) is 9.14. The molecule has 56 valence electrons. The summed E-state index contributed by atoms with van der Waals surface area (Å²) in [6, 6.07) is 0. The molecule has 0 atom stereocenters. The van der Waals surface area contributed by atoms with Gasteiger partial charge >= 0.3 is 5.51 Å². The van der Waals surface area contributed by atoms with E-state index in [1.54, 1.807) is 13.8 Å². The molecule has 0 bridgehead atoms. The molecule has 0 heterocycles. The SMILES string of the molecule is CC(C)CSC(F)(F)F. The third-order valence-corrected chi connectivity index (χ3v) is 1.74. The zero-order valence-corrected chi connectivity index (χ0v) is 6.14. The molecule has 0 rings (SSSR count). The number of alkyl halides is 3. The van der Waals surface area contributed by atoms with Crippen molar-refractivity contribution in [2.45, 2.75) is 19.4 Å². The molecule has 0 aliphatic rings. The number of thioether (sulfide) groups is 1. The van der Waals surface area contributed by atoms with Crippen LogP contribution in [-0.2, 0) is 0 Å². The van der Waals surface area contributed by atoms with E-state index in [1.165, 1.54) is 0 Å². The summed E-state index contributed by atoms with van der Waals surface area (Å²) in [6.07, 6.45) is 0. The van der Waals surface area contributed by atoms with Crippen LogP contribution in [0.25, 0.3) is 0 Å². The average Bonchev–Trinajstić information content (AvgIpc) is 1.59. The quantitative estimate of drug-likeness (QED) is 0.595. The zero-order valence-electron chi connectivity index (χ0n) is 5.33. The summed E-state index contributed by atoms with van der Waals surface area (Å²) in [7, 11) is 0. The van der Waals surface area contributed by atoms with Crippen molar-refractivity contribution in [1.82, 2.24) is 0 Å². The number of rotatable bonds is 2. The van der Waals surface area contributed by atoms with E-state index in [0.717, 1.165) is 0 Å². The van der Waals surface area contributed by atoms with Crippen molar-refractivity contribution in [3.05, 3.63) is 0 Å². The number of halogens is 3. The lowest BCUT2D eigenvalue weighted by molar-refractivity contribution is -0.0329. The average molecular weight is 158 g/mol. The number of hydrogen-bond donors (Lipinski definition) is 0. The van der Waals surface area contributed by atoms with Gasteiger partial charge in [0.15, 0.2) is 0 Å². The van der Waals surface area contributed by atoms with Gasteiger partial charge in [-0.25, -0.2) is 0 Å². The molecule has 0 radical (unpaired) electrons. The Morgan fingerprint density at radius 3 is 1.89 bits per heavy atom. The van der Waals surface area contributed by atoms with Crippen LogP contribution in [0.4, 0.5) is 13.2 Å². The fourth-order valence-electron chi connectivity index (χ4n) is 0.261. The first-order valence-corrected chi connectivity index (χ1v) is 3.61. The summed E-state index contributed by atoms with van der Waals surface area (Å²) >= 11 is 0.0417. The molecule has 0 aliphatic heterocycles. The maximum atomic E-state index is 11.4. The van der Waals surface area contributed by atoms with Crippen LogP contribution in [-0.4, -0.2) is 11.3 Å². The van der Waals surface area contributed by atoms with Gasteiger partial charge < -0.3 is 0 Å². The lowest BCUT2D eigenvalue weighted by Crippen LogP contribution is -2.04. The summed E-state index contributed by atoms with van der Waals surface area (Å²) in [4.78, 5) is 0. The van der Waals surface area contributed by atoms with Crippen molar-refractivity contribution >= 4 is 11.8 Å². The molecule has 0 aromatic rings. The molecule has 0 saturated heterocycles. The van der Waals surface area contributed by atoms with Crippen molar-refractivity contribution in [2.24, 2.45) is 5.92 Å². The van der Waals surface area contributed by atoms with Gasteiger partial charge in [0.2, 0.25) is 0 Å². The summed E-state index contributed by atoms with van der Waals surface area (Å²) in [5, 5.41) is 0. The van der Waals surface area contributed by atoms with Gasteiger partial charge in [-0.1, -0.05) is 25.6 Å². The van der Waals surface area contributed by atoms with Gasteiger partial charge in [-0.05, 0) is 5.92 Å². The molecule has 0 aromatic heterocycles. The Bertz CT molecular complexity index is 76.8. The molecule has 0 fully saturated rings. The molecular weight excluding hydrogens is 149 g/mol. The second-order valence-corrected chi connectivity index (χ2v) is 3.24. The maximum absolute atomic E-state index is 11.4. The van der Waals surface area contributed by atoms with E-state index in [0.29, 0.717) is 0 Å². The highest BCUT2D eigenvalue weighted by Gasteiger charge is 2.27. The molecule has 4 heteroatoms. The van der Waals surface area contributed by atoms with E-state index in [-0.39, 0.29) is 23.4 Å². The first-order valence-electron chi connectivity index (χ1n) is 2.62. The monoisotopic (exact) mass is 158 g/mol. The number of hydrogen-bond acceptors (Lipinski definition) is 1. The molecule has 0 aliphatic carbocycles. The summed E-state index contributed by atoms with van der Waals surface area (Å²) in [5.74, 6) is 0.264. The second kappa shape index (κ2) is 3.34. The fourth-order valence-corrected chi connectivity index (χ4v) is 0.783. The predicted octanol–water partition coefficient (Wildman–Crippen LogP) is 2.90. The smallest absolute Gasteiger partial charge is 0.160 e. The van der Waals surface area contributed by atoms with Gasteiger partial charge in [0.25, 0.3) is 0 Å². The molecule has 0 amide bonds. The van der Waals surface area contributed by atoms with Crippen molar-refractivity contribution in [3.63, 3.8) is 0 Å². The lowest BCUT2D eigenvalue weighted by Gasteiger charge is -2.06. The Morgan fingerprint density at radius 1 is 1.33 bits per heavy atom. The molecule has 0 saturated carbocycles. The van der Waals surface area contributed by atoms with E-state index in [4.69, 9.17) is 0 Å². The molecule has 9 heavy (non-hydrogen) atoms. The summed E-state index contributed by atoms with van der Waals surface area (Å²) in [5.41, 5.74) is -4.05. The van der Waals surface area contributed by atoms with Gasteiger partial charge in [-0.15, -0.1) is 0 Å². The van der Waals surface area contributed by atoms with Crippen molar-refractivity contribution < 1.29 is 13.2 Å². The highest BCUT2D eigenvalue weighted by Crippen LogP contribution is 2.31. The van der Waals surface area contributed by atoms with Gasteiger partial charge in [-0.3, -0.25) is 0 Å². The van der Waals surface area contributed by atoms with E-state index < -0.39 is 5.51 Å². The topological polar surface area (TPSA) is 0 Å². The summed E-state index contributed by atoms with van der Waals surface area (Å²) in [6.45, 7) is 3.53. The van der Waals surface area contributed by atoms with Crippen LogP contribution in [0.15, 0.2) is 0 Å². The van der Waals surface area contributed by atoms with E-state index in [9.17, 15) is 13.2 Å². The van der Waals surface area contributed by atoms with Crippen LogP contribution in [0.5, 0.6) is 0 Å². The third-order valence-electron chi connectivity index (χ3n) is 0.580. The van der Waals surface area contributed by atoms with Crippen LogP contribution in [0.2, 0.25) is 0 Å². The Balaban J connectivity index is 3.28. The highest BCUT2D eigenvalue weighted by atomic mass is 32.2. The first-order chi connectivity index (χ1) is 3.92. The molecule has 0 aromatic carbocycles. The van der Waals surface area contributed by atoms with Gasteiger partial charge in [0.05, 0.1) is 0 Å². The standard InChI is InChI=1S/C5H9F3S/c1-4(2)3-9-5(6,7)8/h4H,3H2,1-2H3. The molecular formula is C5H9F3S. The molecule has 0 nitrogen and oxygen atoms in total. The normalized spacial score (nSPS) is 12.7. The van der Waals surface area contributed by atoms with Crippen molar-refractivity contribution in [3.8, 4) is 0 Å². The summed E-state index contributed by atoms with van der Waals surface area (Å²) < 4.78 is 34.1. The lowest BCUT2D eigenvalue weighted by atomic mass is 10.3. The van der Waals surface area contributed by atoms with E-state index in [1.807, 2.05) is 0 Å². The van der Waals surface area contributed by atoms with E-state index in [2.05, 4.69) is 0 Å². The molecule has 0 N–H and O–H groups in total. The molecule has 0 unspecified atom stereocenters. The Morgan fingerprint density at radius 2 is 1.78 bits per heavy atom. The van der Waals surface area contributed by atoms with Gasteiger partial charge in [0, 0.05) is 5.75 Å². The Labute approximate surface area is 56.8 Å². The van der Waals surface area contributed by atoms with Crippen LogP contribution < -0.4 is 0 Å². The minimum atomic E-state index is -4.05. The Kier molecular flexibility index (Phi) is 3.40. The van der Waals surface area contributed by atoms with Gasteiger partial charge in [0.1, 0.15) is 0 Å². The van der Waals surface area contributed by atoms with Crippen molar-refractivity contribution in [2.75, 3.05) is 5.75 Å². The van der Waals surface area contributed by atoms with Crippen LogP contribution in [0.1, 0.15) is 13.8 Å². The third kappa shape index (κ3) is 8.14. The van der Waals surface area contributed by atoms with Crippen LogP contribution in [0, 0.1) is 5.92 Å². The van der Waals surface area contributed by atoms with Crippen LogP contribution in [0.3, 0.4) is 0 Å². The molecule has 0 spiro atoms. The predicted molar refractivity (Wildman–Crippen MR) is 33.4 cm³/mol. The maximum Gasteiger partial charge on any atom is 0.441 e. The van der Waals surface area contributed by atoms with Crippen LogP contribution >= 0.6 is 11.8 Å². The Hall–Kier alpha value is 0.140. The zero-order chi connectivity index (χ0) is 7.49. The largest absolute Gasteiger partial charge is 0.441 e. The minimum Gasteiger partial charge on any atom is -0.160 e. The van der Waals surface area contributed by atoms with E-state index >= 15 is 0 Å². The second-order valence-electron chi connectivity index (χ2n) is 2.15.